The van der Waals surface area contributed by atoms with Crippen LogP contribution >= 0.6 is 0 Å². The summed E-state index contributed by atoms with van der Waals surface area (Å²) < 4.78 is 5.08. The number of ether oxygens (including phenoxy) is 1. The van der Waals surface area contributed by atoms with Crippen molar-refractivity contribution in [3.8, 4) is 0 Å². The summed E-state index contributed by atoms with van der Waals surface area (Å²) in [6.07, 6.45) is 4.78. The quantitative estimate of drug-likeness (QED) is 0.565. The number of carbonyl (C=O) groups excluding carboxylic acids is 1. The third kappa shape index (κ3) is 9.47. The zero-order valence-electron chi connectivity index (χ0n) is 10.1. The predicted octanol–water partition coefficient (Wildman–Crippen LogP) is 2.44. The molecule has 3 nitrogen and oxygen atoms in total. The van der Waals surface area contributed by atoms with Crippen molar-refractivity contribution in [2.75, 3.05) is 0 Å². The van der Waals surface area contributed by atoms with Crippen LogP contribution in [0.25, 0.3) is 0 Å². The van der Waals surface area contributed by atoms with Gasteiger partial charge in [0.25, 0.3) is 0 Å². The number of aliphatic hydroxyl groups excluding tert-OH is 1. The Kier molecular flexibility index (Phi) is 6.25. The van der Waals surface area contributed by atoms with Crippen molar-refractivity contribution in [3.63, 3.8) is 0 Å². The lowest BCUT2D eigenvalue weighted by molar-refractivity contribution is -0.156. The molecule has 0 aromatic heterocycles. The first-order valence-corrected chi connectivity index (χ1v) is 5.41. The second-order valence-electron chi connectivity index (χ2n) is 4.57. The summed E-state index contributed by atoms with van der Waals surface area (Å²) in [7, 11) is 0. The van der Waals surface area contributed by atoms with E-state index in [-0.39, 0.29) is 12.4 Å². The van der Waals surface area contributed by atoms with Gasteiger partial charge in [0.1, 0.15) is 5.60 Å². The number of esters is 1. The fourth-order valence-electron chi connectivity index (χ4n) is 1.04. The minimum absolute atomic E-state index is 0.0253. The van der Waals surface area contributed by atoms with Crippen LogP contribution in [0.1, 0.15) is 47.0 Å². The Hall–Kier alpha value is -0.830. The van der Waals surface area contributed by atoms with Gasteiger partial charge in [-0.2, -0.15) is 0 Å². The van der Waals surface area contributed by atoms with E-state index < -0.39 is 11.7 Å². The van der Waals surface area contributed by atoms with Gasteiger partial charge < -0.3 is 9.84 Å². The number of rotatable bonds is 5. The molecule has 0 aromatic carbocycles. The molecule has 88 valence electrons. The van der Waals surface area contributed by atoms with Crippen LogP contribution in [0.5, 0.6) is 0 Å². The highest BCUT2D eigenvalue weighted by Crippen LogP contribution is 2.09. The van der Waals surface area contributed by atoms with E-state index >= 15 is 0 Å². The van der Waals surface area contributed by atoms with Gasteiger partial charge in [-0.15, -0.1) is 0 Å². The van der Waals surface area contributed by atoms with E-state index in [0.717, 1.165) is 12.8 Å². The standard InChI is InChI=1S/C12H22O3/c1-5-6-7-8-10(13)9-11(14)15-12(2,3)4/h7-8,10,13H,5-6,9H2,1-4H3/b8-7+. The smallest absolute Gasteiger partial charge is 0.309 e. The molecule has 0 aliphatic rings. The summed E-state index contributed by atoms with van der Waals surface area (Å²) in [4.78, 5) is 11.3. The third-order valence-corrected chi connectivity index (χ3v) is 1.61. The Labute approximate surface area is 92.1 Å². The molecule has 0 aliphatic carbocycles. The number of carbonyl (C=O) groups is 1. The van der Waals surface area contributed by atoms with E-state index in [4.69, 9.17) is 4.74 Å². The first kappa shape index (κ1) is 14.2. The Morgan fingerprint density at radius 1 is 1.47 bits per heavy atom. The summed E-state index contributed by atoms with van der Waals surface area (Å²) in [5.74, 6) is -0.365. The molecule has 0 amide bonds. The summed E-state index contributed by atoms with van der Waals surface area (Å²) in [6.45, 7) is 7.49. The van der Waals surface area contributed by atoms with Crippen LogP contribution in [0.2, 0.25) is 0 Å². The fourth-order valence-corrected chi connectivity index (χ4v) is 1.04. The second kappa shape index (κ2) is 6.62. The van der Waals surface area contributed by atoms with Crippen molar-refractivity contribution in [2.24, 2.45) is 0 Å². The molecule has 3 heteroatoms. The van der Waals surface area contributed by atoms with Crippen molar-refractivity contribution in [1.29, 1.82) is 0 Å². The van der Waals surface area contributed by atoms with Crippen LogP contribution in [0, 0.1) is 0 Å². The van der Waals surface area contributed by atoms with Crippen LogP contribution in [0.4, 0.5) is 0 Å². The van der Waals surface area contributed by atoms with Crippen molar-refractivity contribution in [1.82, 2.24) is 0 Å². The average Bonchev–Trinajstić information content (AvgIpc) is 2.00. The van der Waals surface area contributed by atoms with E-state index in [9.17, 15) is 9.90 Å². The number of hydrogen-bond donors (Lipinski definition) is 1. The third-order valence-electron chi connectivity index (χ3n) is 1.61. The number of aliphatic hydroxyl groups is 1. The summed E-state index contributed by atoms with van der Waals surface area (Å²) in [5, 5.41) is 9.46. The zero-order valence-corrected chi connectivity index (χ0v) is 10.1. The Morgan fingerprint density at radius 3 is 2.53 bits per heavy atom. The van der Waals surface area contributed by atoms with Gasteiger partial charge in [0.15, 0.2) is 0 Å². The molecule has 0 rings (SSSR count). The monoisotopic (exact) mass is 214 g/mol. The molecule has 1 unspecified atom stereocenters. The molecule has 1 N–H and O–H groups in total. The maximum atomic E-state index is 11.3. The lowest BCUT2D eigenvalue weighted by Crippen LogP contribution is -2.26. The van der Waals surface area contributed by atoms with Crippen LogP contribution < -0.4 is 0 Å². The highest BCUT2D eigenvalue weighted by Gasteiger charge is 2.17. The predicted molar refractivity (Wildman–Crippen MR) is 60.5 cm³/mol. The molecule has 0 heterocycles. The van der Waals surface area contributed by atoms with Crippen molar-refractivity contribution in [2.45, 2.75) is 58.7 Å². The summed E-state index contributed by atoms with van der Waals surface area (Å²) in [5.41, 5.74) is -0.482. The van der Waals surface area contributed by atoms with Gasteiger partial charge in [-0.05, 0) is 27.2 Å². The van der Waals surface area contributed by atoms with Crippen molar-refractivity contribution in [3.05, 3.63) is 12.2 Å². The molecule has 0 fully saturated rings. The van der Waals surface area contributed by atoms with E-state index in [2.05, 4.69) is 6.92 Å². The van der Waals surface area contributed by atoms with E-state index in [1.807, 2.05) is 26.8 Å². The average molecular weight is 214 g/mol. The van der Waals surface area contributed by atoms with E-state index in [0.29, 0.717) is 0 Å². The molecule has 0 aliphatic heterocycles. The first-order chi connectivity index (χ1) is 6.85. The molecule has 0 saturated heterocycles. The van der Waals surface area contributed by atoms with Gasteiger partial charge in [0, 0.05) is 0 Å². The van der Waals surface area contributed by atoms with Crippen LogP contribution in [0.3, 0.4) is 0 Å². The lowest BCUT2D eigenvalue weighted by atomic mass is 10.1. The van der Waals surface area contributed by atoms with Gasteiger partial charge in [-0.25, -0.2) is 0 Å². The first-order valence-electron chi connectivity index (χ1n) is 5.41. The minimum atomic E-state index is -0.730. The Bertz CT molecular complexity index is 213. The molecule has 0 saturated carbocycles. The van der Waals surface area contributed by atoms with E-state index in [1.54, 1.807) is 6.08 Å². The van der Waals surface area contributed by atoms with Gasteiger partial charge in [-0.3, -0.25) is 4.79 Å². The van der Waals surface area contributed by atoms with Gasteiger partial charge >= 0.3 is 5.97 Å². The highest BCUT2D eigenvalue weighted by molar-refractivity contribution is 5.70. The van der Waals surface area contributed by atoms with Crippen molar-refractivity contribution < 1.29 is 14.6 Å². The number of unbranched alkanes of at least 4 members (excludes halogenated alkanes) is 1. The number of allylic oxidation sites excluding steroid dienone is 1. The van der Waals surface area contributed by atoms with Crippen LogP contribution in [-0.2, 0) is 9.53 Å². The van der Waals surface area contributed by atoms with E-state index in [1.165, 1.54) is 0 Å². The van der Waals surface area contributed by atoms with Gasteiger partial charge in [0.2, 0.25) is 0 Å². The summed E-state index contributed by atoms with van der Waals surface area (Å²) >= 11 is 0. The molecule has 0 spiro atoms. The van der Waals surface area contributed by atoms with Crippen LogP contribution in [0.15, 0.2) is 12.2 Å². The van der Waals surface area contributed by atoms with Crippen molar-refractivity contribution >= 4 is 5.97 Å². The molecular weight excluding hydrogens is 192 g/mol. The Balaban J connectivity index is 3.86. The van der Waals surface area contributed by atoms with Gasteiger partial charge in [0.05, 0.1) is 12.5 Å². The minimum Gasteiger partial charge on any atom is -0.460 e. The molecular formula is C12H22O3. The normalized spacial score (nSPS) is 14.2. The maximum Gasteiger partial charge on any atom is 0.309 e. The fraction of sp³-hybridized carbons (Fsp3) is 0.750. The maximum absolute atomic E-state index is 11.3. The Morgan fingerprint density at radius 2 is 2.07 bits per heavy atom. The molecule has 0 bridgehead atoms. The summed E-state index contributed by atoms with van der Waals surface area (Å²) in [6, 6.07) is 0. The highest BCUT2D eigenvalue weighted by atomic mass is 16.6. The molecule has 15 heavy (non-hydrogen) atoms. The topological polar surface area (TPSA) is 46.5 Å². The second-order valence-corrected chi connectivity index (χ2v) is 4.57. The largest absolute Gasteiger partial charge is 0.460 e. The number of hydrogen-bond acceptors (Lipinski definition) is 3. The molecule has 0 aromatic rings. The lowest BCUT2D eigenvalue weighted by Gasteiger charge is -2.19. The van der Waals surface area contributed by atoms with Crippen LogP contribution in [-0.4, -0.2) is 22.8 Å². The van der Waals surface area contributed by atoms with Gasteiger partial charge in [-0.1, -0.05) is 25.5 Å². The zero-order chi connectivity index (χ0) is 11.9. The molecule has 1 atom stereocenters. The molecule has 0 radical (unpaired) electrons. The SMILES string of the molecule is CCC/C=C/C(O)CC(=O)OC(C)(C)C.